The lowest BCUT2D eigenvalue weighted by atomic mass is 9.44. The Bertz CT molecular complexity index is 3760. The van der Waals surface area contributed by atoms with Crippen LogP contribution in [0.25, 0.3) is 87.5 Å². The molecule has 13 rings (SSSR count). The molecule has 0 bridgehead atoms. The summed E-state index contributed by atoms with van der Waals surface area (Å²) in [6.45, 7) is 14.0. The van der Waals surface area contributed by atoms with Crippen molar-refractivity contribution in [2.75, 3.05) is 4.90 Å². The molecule has 0 amide bonds. The zero-order valence-corrected chi connectivity index (χ0v) is 37.9. The Morgan fingerprint density at radius 1 is 0.400 bits per heavy atom. The summed E-state index contributed by atoms with van der Waals surface area (Å²) in [4.78, 5) is 2.66. The zero-order chi connectivity index (χ0) is 43.9. The molecule has 0 aliphatic carbocycles. The molecule has 0 fully saturated rings. The number of aromatic nitrogens is 1. The van der Waals surface area contributed by atoms with Crippen LogP contribution in [0.5, 0.6) is 0 Å². The third-order valence-corrected chi connectivity index (χ3v) is 14.6. The number of para-hydroxylation sites is 2. The van der Waals surface area contributed by atoms with Crippen LogP contribution in [0.15, 0.2) is 188 Å². The summed E-state index contributed by atoms with van der Waals surface area (Å²) in [6, 6.07) is 71.5. The van der Waals surface area contributed by atoms with E-state index in [1.54, 1.807) is 0 Å². The largest absolute Gasteiger partial charge is 0.375 e. The third-order valence-electron chi connectivity index (χ3n) is 14.6. The molecular weight excluding hydrogens is 784 g/mol. The first kappa shape index (κ1) is 38.1. The van der Waals surface area contributed by atoms with Gasteiger partial charge in [0.05, 0.1) is 0 Å². The molecule has 3 heterocycles. The first-order chi connectivity index (χ1) is 31.5. The van der Waals surface area contributed by atoms with Crippen LogP contribution in [0, 0.1) is 0 Å². The average molecular weight is 833 g/mol. The molecule has 0 saturated carbocycles. The van der Waals surface area contributed by atoms with Crippen LogP contribution in [0.2, 0.25) is 0 Å². The van der Waals surface area contributed by atoms with Gasteiger partial charge in [-0.2, -0.15) is 0 Å². The van der Waals surface area contributed by atoms with Crippen molar-refractivity contribution in [3.8, 4) is 33.4 Å². The fourth-order valence-electron chi connectivity index (χ4n) is 11.5. The van der Waals surface area contributed by atoms with Crippen molar-refractivity contribution in [2.45, 2.75) is 52.4 Å². The molecular formula is C62H49BN2. The van der Waals surface area contributed by atoms with Gasteiger partial charge in [0.1, 0.15) is 0 Å². The van der Waals surface area contributed by atoms with Crippen LogP contribution < -0.4 is 15.8 Å². The van der Waals surface area contributed by atoms with E-state index >= 15 is 0 Å². The molecule has 310 valence electrons. The molecule has 65 heavy (non-hydrogen) atoms. The van der Waals surface area contributed by atoms with Crippen molar-refractivity contribution < 1.29 is 0 Å². The summed E-state index contributed by atoms with van der Waals surface area (Å²) in [5, 5.41) is 10.2. The van der Waals surface area contributed by atoms with Crippen LogP contribution in [-0.2, 0) is 10.8 Å². The number of hydrogen-bond acceptors (Lipinski definition) is 1. The monoisotopic (exact) mass is 832 g/mol. The maximum atomic E-state index is 2.70. The number of hydrogen-bond donors (Lipinski definition) is 0. The number of rotatable bonds is 3. The maximum Gasteiger partial charge on any atom is 0.333 e. The second-order valence-corrected chi connectivity index (χ2v) is 20.5. The van der Waals surface area contributed by atoms with E-state index in [1.807, 2.05) is 0 Å². The molecule has 0 saturated heterocycles. The van der Waals surface area contributed by atoms with Gasteiger partial charge in [-0.3, -0.25) is 0 Å². The van der Waals surface area contributed by atoms with Crippen molar-refractivity contribution in [3.05, 3.63) is 199 Å². The van der Waals surface area contributed by atoms with Gasteiger partial charge in [-0.1, -0.05) is 199 Å². The van der Waals surface area contributed by atoms with E-state index < -0.39 is 0 Å². The Morgan fingerprint density at radius 3 is 1.57 bits per heavy atom. The number of fused-ring (bicyclic) bond motifs is 11. The Hall–Kier alpha value is -7.36. The number of nitrogens with zero attached hydrogens (tertiary/aromatic N) is 2. The van der Waals surface area contributed by atoms with Gasteiger partial charge in [0.15, 0.2) is 0 Å². The third kappa shape index (κ3) is 5.48. The lowest BCUT2D eigenvalue weighted by Gasteiger charge is -2.42. The molecule has 2 aliphatic rings. The first-order valence-corrected chi connectivity index (χ1v) is 23.2. The van der Waals surface area contributed by atoms with Crippen LogP contribution >= 0.6 is 0 Å². The first-order valence-electron chi connectivity index (χ1n) is 23.2. The molecule has 0 atom stereocenters. The standard InChI is InChI=1S/C62H49BN2/c1-61(2,3)41-33-42(62(4,5)6)35-43(34-41)64-54-37-51-50(56(38-20-9-7-10-21-38)46-27-15-16-28-47(46)57(51)39-22-11-8-12-23-39)36-52(54)63-59-55(64)32-40-24-13-14-25-44(40)58(59)49-30-19-29-48-45-26-17-18-31-53(45)65(63)60(48)49/h7-37H,1-6H3. The molecule has 2 aliphatic heterocycles. The minimum atomic E-state index is -0.0966. The Morgan fingerprint density at radius 2 is 0.938 bits per heavy atom. The van der Waals surface area contributed by atoms with Gasteiger partial charge >= 0.3 is 6.85 Å². The van der Waals surface area contributed by atoms with Crippen LogP contribution in [-0.4, -0.2) is 11.3 Å². The van der Waals surface area contributed by atoms with Crippen LogP contribution in [0.1, 0.15) is 52.7 Å². The molecule has 10 aromatic carbocycles. The summed E-state index contributed by atoms with van der Waals surface area (Å²) in [6.07, 6.45) is 0. The molecule has 0 spiro atoms. The van der Waals surface area contributed by atoms with Gasteiger partial charge in [-0.25, -0.2) is 0 Å². The average Bonchev–Trinajstić information content (AvgIpc) is 3.66. The molecule has 2 nitrogen and oxygen atoms in total. The van der Waals surface area contributed by atoms with Gasteiger partial charge in [-0.05, 0) is 123 Å². The topological polar surface area (TPSA) is 8.17 Å². The maximum absolute atomic E-state index is 2.70. The minimum Gasteiger partial charge on any atom is -0.375 e. The number of anilines is 3. The molecule has 3 heteroatoms. The fourth-order valence-corrected chi connectivity index (χ4v) is 11.5. The van der Waals surface area contributed by atoms with E-state index in [1.165, 1.54) is 127 Å². The fraction of sp³-hybridized carbons (Fsp3) is 0.129. The Balaban J connectivity index is 1.28. The van der Waals surface area contributed by atoms with Crippen molar-refractivity contribution >= 4 is 89.0 Å². The van der Waals surface area contributed by atoms with Gasteiger partial charge in [0.2, 0.25) is 0 Å². The summed E-state index contributed by atoms with van der Waals surface area (Å²) in [5.74, 6) is 0. The van der Waals surface area contributed by atoms with E-state index in [9.17, 15) is 0 Å². The van der Waals surface area contributed by atoms with E-state index in [-0.39, 0.29) is 17.7 Å². The van der Waals surface area contributed by atoms with Crippen molar-refractivity contribution in [1.29, 1.82) is 0 Å². The second-order valence-electron chi connectivity index (χ2n) is 20.5. The Labute approximate surface area is 381 Å². The zero-order valence-electron chi connectivity index (χ0n) is 37.9. The molecule has 0 N–H and O–H groups in total. The normalized spacial score (nSPS) is 13.3. The van der Waals surface area contributed by atoms with Gasteiger partial charge in [0, 0.05) is 44.4 Å². The van der Waals surface area contributed by atoms with Gasteiger partial charge in [0.25, 0.3) is 0 Å². The summed E-state index contributed by atoms with van der Waals surface area (Å²) < 4.78 is 2.70. The highest BCUT2D eigenvalue weighted by Crippen LogP contribution is 2.51. The van der Waals surface area contributed by atoms with E-state index in [0.29, 0.717) is 0 Å². The lowest BCUT2D eigenvalue weighted by Crippen LogP contribution is -2.56. The molecule has 11 aromatic rings. The molecule has 0 unspecified atom stereocenters. The van der Waals surface area contributed by atoms with Crippen molar-refractivity contribution in [2.24, 2.45) is 0 Å². The van der Waals surface area contributed by atoms with Gasteiger partial charge in [-0.15, -0.1) is 0 Å². The van der Waals surface area contributed by atoms with E-state index in [2.05, 4.69) is 239 Å². The van der Waals surface area contributed by atoms with E-state index in [4.69, 9.17) is 0 Å². The molecule has 1 aromatic heterocycles. The smallest absolute Gasteiger partial charge is 0.333 e. The SMILES string of the molecule is CC(C)(C)c1cc(N2c3cc4c(-c5ccccc5)c5ccccc5c(-c5ccccc5)c4cc3B3c4c2cc2ccccc2c4-c2cccc4c5ccccc5n3c24)cc(C(C)(C)C)c1. The van der Waals surface area contributed by atoms with Crippen LogP contribution in [0.4, 0.5) is 17.1 Å². The Kier molecular flexibility index (Phi) is 7.97. The van der Waals surface area contributed by atoms with Crippen LogP contribution in [0.3, 0.4) is 0 Å². The number of benzene rings is 10. The van der Waals surface area contributed by atoms with Gasteiger partial charge < -0.3 is 9.38 Å². The summed E-state index contributed by atoms with van der Waals surface area (Å²) in [5.41, 5.74) is 19.1. The summed E-state index contributed by atoms with van der Waals surface area (Å²) in [7, 11) is 0. The predicted octanol–water partition coefficient (Wildman–Crippen LogP) is 15.6. The highest BCUT2D eigenvalue weighted by molar-refractivity contribution is 6.90. The van der Waals surface area contributed by atoms with E-state index in [0.717, 1.165) is 0 Å². The summed E-state index contributed by atoms with van der Waals surface area (Å²) >= 11 is 0. The van der Waals surface area contributed by atoms with Crippen molar-refractivity contribution in [3.63, 3.8) is 0 Å². The second kappa shape index (κ2) is 13.6. The highest BCUT2D eigenvalue weighted by Gasteiger charge is 2.44. The minimum absolute atomic E-state index is 0.0675. The quantitative estimate of drug-likeness (QED) is 0.127. The predicted molar refractivity (Wildman–Crippen MR) is 281 cm³/mol. The lowest BCUT2D eigenvalue weighted by molar-refractivity contribution is 0.569. The van der Waals surface area contributed by atoms with Crippen molar-refractivity contribution in [1.82, 2.24) is 4.48 Å². The molecule has 0 radical (unpaired) electrons. The highest BCUT2D eigenvalue weighted by atomic mass is 15.2.